The molecule has 0 aliphatic heterocycles. The van der Waals surface area contributed by atoms with Crippen LogP contribution in [0.5, 0.6) is 0 Å². The molecule has 0 rings (SSSR count). The van der Waals surface area contributed by atoms with E-state index in [9.17, 15) is 19.0 Å². The maximum Gasteiger partial charge on any atom is 0.306 e. The molecule has 0 N–H and O–H groups in total. The van der Waals surface area contributed by atoms with Crippen molar-refractivity contribution >= 4 is 19.8 Å². The molecule has 82 heavy (non-hydrogen) atoms. The number of carbonyl (C=O) groups excluding carboxylic acids is 2. The summed E-state index contributed by atoms with van der Waals surface area (Å²) in [6.07, 6.45) is 87.2. The molecular formula is C72H126NO8P. The van der Waals surface area contributed by atoms with Gasteiger partial charge in [-0.3, -0.25) is 14.2 Å². The number of likely N-dealkylation sites (N-methyl/N-ethyl adjacent to an activating group) is 1. The van der Waals surface area contributed by atoms with Gasteiger partial charge in [-0.25, -0.2) is 0 Å². The second-order valence-corrected chi connectivity index (χ2v) is 24.9. The van der Waals surface area contributed by atoms with Crippen LogP contribution in [-0.4, -0.2) is 70.0 Å². The lowest BCUT2D eigenvalue weighted by Gasteiger charge is -2.28. The monoisotopic (exact) mass is 1160 g/mol. The average molecular weight is 1160 g/mol. The molecule has 0 aromatic heterocycles. The fourth-order valence-corrected chi connectivity index (χ4v) is 9.87. The third-order valence-electron chi connectivity index (χ3n) is 14.3. The van der Waals surface area contributed by atoms with Crippen LogP contribution >= 0.6 is 7.82 Å². The number of phosphoric ester groups is 1. The summed E-state index contributed by atoms with van der Waals surface area (Å²) in [6.45, 7) is 4.13. The molecule has 10 heteroatoms. The number of nitrogens with zero attached hydrogens (tertiary/aromatic N) is 1. The Morgan fingerprint density at radius 2 is 0.695 bits per heavy atom. The summed E-state index contributed by atoms with van der Waals surface area (Å²) in [5.74, 6) is -0.836. The van der Waals surface area contributed by atoms with E-state index in [1.165, 1.54) is 154 Å². The minimum absolute atomic E-state index is 0.0354. The number of quaternary nitrogens is 1. The van der Waals surface area contributed by atoms with Gasteiger partial charge in [-0.15, -0.1) is 0 Å². The summed E-state index contributed by atoms with van der Waals surface area (Å²) in [5.41, 5.74) is 0. The molecule has 9 nitrogen and oxygen atoms in total. The molecule has 472 valence electrons. The van der Waals surface area contributed by atoms with E-state index in [-0.39, 0.29) is 32.0 Å². The molecule has 0 bridgehead atoms. The topological polar surface area (TPSA) is 111 Å². The van der Waals surface area contributed by atoms with Gasteiger partial charge in [-0.05, 0) is 103 Å². The van der Waals surface area contributed by atoms with Crippen molar-refractivity contribution in [3.8, 4) is 0 Å². The zero-order valence-electron chi connectivity index (χ0n) is 53.7. The van der Waals surface area contributed by atoms with E-state index in [0.29, 0.717) is 17.4 Å². The number of carbonyl (C=O) groups is 2. The number of esters is 2. The van der Waals surface area contributed by atoms with Crippen LogP contribution < -0.4 is 4.89 Å². The van der Waals surface area contributed by atoms with Gasteiger partial charge in [-0.2, -0.15) is 0 Å². The van der Waals surface area contributed by atoms with Crippen molar-refractivity contribution in [1.82, 2.24) is 0 Å². The lowest BCUT2D eigenvalue weighted by molar-refractivity contribution is -0.870. The largest absolute Gasteiger partial charge is 0.756 e. The summed E-state index contributed by atoms with van der Waals surface area (Å²) in [4.78, 5) is 38.0. The number of ether oxygens (including phenoxy) is 2. The van der Waals surface area contributed by atoms with Crippen LogP contribution in [0.3, 0.4) is 0 Å². The van der Waals surface area contributed by atoms with E-state index >= 15 is 0 Å². The molecule has 0 heterocycles. The minimum Gasteiger partial charge on any atom is -0.756 e. The van der Waals surface area contributed by atoms with Gasteiger partial charge in [0.15, 0.2) is 6.10 Å². The SMILES string of the molecule is CC/C=C\C/C=C\C/C=C\C/C=C\C/C=C\C/C=C\CCCCCCCCCCCCCCCCC(=O)OC(COC(=O)CCCCCCCCCCCC/C=C\C/C=C\C/C=C\CCCCCCC)COP(=O)([O-])OCC[N+](C)(C)C. The van der Waals surface area contributed by atoms with Gasteiger partial charge < -0.3 is 27.9 Å². The van der Waals surface area contributed by atoms with Crippen LogP contribution in [0.2, 0.25) is 0 Å². The van der Waals surface area contributed by atoms with Gasteiger partial charge in [0, 0.05) is 12.8 Å². The number of hydrogen-bond donors (Lipinski definition) is 0. The summed E-state index contributed by atoms with van der Waals surface area (Å²) < 4.78 is 34.3. The molecule has 0 fully saturated rings. The number of unbranched alkanes of at least 4 members (excludes halogenated alkanes) is 29. The van der Waals surface area contributed by atoms with Gasteiger partial charge in [-0.1, -0.05) is 277 Å². The molecular weight excluding hydrogens is 1040 g/mol. The molecule has 2 atom stereocenters. The average Bonchev–Trinajstić information content (AvgIpc) is 3.46. The first-order valence-corrected chi connectivity index (χ1v) is 35.1. The van der Waals surface area contributed by atoms with E-state index in [1.807, 2.05) is 21.1 Å². The van der Waals surface area contributed by atoms with Gasteiger partial charge in [0.25, 0.3) is 7.82 Å². The first kappa shape index (κ1) is 78.7. The zero-order chi connectivity index (χ0) is 59.8. The summed E-state index contributed by atoms with van der Waals surface area (Å²) in [5, 5.41) is 0. The highest BCUT2D eigenvalue weighted by Crippen LogP contribution is 2.38. The van der Waals surface area contributed by atoms with E-state index in [2.05, 4.69) is 123 Å². The maximum absolute atomic E-state index is 12.9. The lowest BCUT2D eigenvalue weighted by atomic mass is 10.0. The number of rotatable bonds is 61. The Balaban J connectivity index is 4.09. The molecule has 0 amide bonds. The molecule has 0 saturated carbocycles. The van der Waals surface area contributed by atoms with E-state index < -0.39 is 26.5 Å². The molecule has 0 radical (unpaired) electrons. The quantitative estimate of drug-likeness (QED) is 0.0195. The Morgan fingerprint density at radius 3 is 1.04 bits per heavy atom. The summed E-state index contributed by atoms with van der Waals surface area (Å²) in [7, 11) is 1.16. The van der Waals surface area contributed by atoms with Crippen LogP contribution in [0.1, 0.15) is 284 Å². The Morgan fingerprint density at radius 1 is 0.390 bits per heavy atom. The zero-order valence-corrected chi connectivity index (χ0v) is 54.6. The number of phosphoric acid groups is 1. The fraction of sp³-hybridized carbons (Fsp3) is 0.722. The van der Waals surface area contributed by atoms with Crippen LogP contribution in [0.25, 0.3) is 0 Å². The molecule has 0 aliphatic carbocycles. The highest BCUT2D eigenvalue weighted by molar-refractivity contribution is 7.45. The Labute approximate surface area is 506 Å². The first-order chi connectivity index (χ1) is 40.0. The van der Waals surface area contributed by atoms with Crippen molar-refractivity contribution in [3.05, 3.63) is 109 Å². The Bertz CT molecular complexity index is 1750. The second-order valence-electron chi connectivity index (χ2n) is 23.5. The van der Waals surface area contributed by atoms with Gasteiger partial charge in [0.1, 0.15) is 19.8 Å². The molecule has 0 spiro atoms. The number of allylic oxidation sites excluding steroid dienone is 18. The standard InChI is InChI=1S/C72H126NO8P/c1-6-8-10-12-14-16-18-20-22-24-26-28-30-32-33-34-35-36-37-38-39-41-43-45-47-49-51-53-55-57-59-61-63-65-72(75)81-70(69-80-82(76,77)79-67-66-73(3,4)5)68-78-71(74)64-62-60-58-56-54-52-50-48-46-44-42-40-31-29-27-25-23-21-19-17-15-13-11-9-7-2/h8,10,14,16,19-22,25-28,31-33,35-36,40,70H,6-7,9,11-13,15,17-18,23-24,29-30,34,37-39,41-69H2,1-5H3/b10-8-,16-14-,21-19-,22-20-,27-25-,28-26-,33-32-,36-35-,40-31-. The third-order valence-corrected chi connectivity index (χ3v) is 15.2. The predicted molar refractivity (Wildman–Crippen MR) is 351 cm³/mol. The molecule has 0 saturated heterocycles. The van der Waals surface area contributed by atoms with Crippen LogP contribution in [0.15, 0.2) is 109 Å². The van der Waals surface area contributed by atoms with Gasteiger partial charge in [0.2, 0.25) is 0 Å². The predicted octanol–water partition coefficient (Wildman–Crippen LogP) is 21.1. The smallest absolute Gasteiger partial charge is 0.306 e. The molecule has 0 aromatic carbocycles. The van der Waals surface area contributed by atoms with Gasteiger partial charge >= 0.3 is 11.9 Å². The number of hydrogen-bond acceptors (Lipinski definition) is 8. The first-order valence-electron chi connectivity index (χ1n) is 33.6. The van der Waals surface area contributed by atoms with Crippen molar-refractivity contribution < 1.29 is 42.1 Å². The van der Waals surface area contributed by atoms with Crippen molar-refractivity contribution in [2.75, 3.05) is 47.5 Å². The van der Waals surface area contributed by atoms with Crippen LogP contribution in [0, 0.1) is 0 Å². The Hall–Kier alpha value is -3.33. The van der Waals surface area contributed by atoms with Crippen LogP contribution in [0.4, 0.5) is 0 Å². The summed E-state index contributed by atoms with van der Waals surface area (Å²) >= 11 is 0. The second kappa shape index (κ2) is 62.2. The fourth-order valence-electron chi connectivity index (χ4n) is 9.14. The normalized spacial score (nSPS) is 13.9. The Kier molecular flexibility index (Phi) is 59.7. The minimum atomic E-state index is -4.65. The van der Waals surface area contributed by atoms with E-state index in [4.69, 9.17) is 18.5 Å². The van der Waals surface area contributed by atoms with Crippen molar-refractivity contribution in [1.29, 1.82) is 0 Å². The highest BCUT2D eigenvalue weighted by atomic mass is 31.2. The molecule has 0 aromatic rings. The third kappa shape index (κ3) is 65.8. The van der Waals surface area contributed by atoms with Crippen molar-refractivity contribution in [3.63, 3.8) is 0 Å². The van der Waals surface area contributed by atoms with Crippen molar-refractivity contribution in [2.45, 2.75) is 290 Å². The maximum atomic E-state index is 12.9. The van der Waals surface area contributed by atoms with Gasteiger partial charge in [0.05, 0.1) is 27.7 Å². The summed E-state index contributed by atoms with van der Waals surface area (Å²) in [6, 6.07) is 0. The molecule has 2 unspecified atom stereocenters. The van der Waals surface area contributed by atoms with E-state index in [1.54, 1.807) is 0 Å². The lowest BCUT2D eigenvalue weighted by Crippen LogP contribution is -2.37. The molecule has 0 aliphatic rings. The van der Waals surface area contributed by atoms with Crippen molar-refractivity contribution in [2.24, 2.45) is 0 Å². The highest BCUT2D eigenvalue weighted by Gasteiger charge is 2.22. The van der Waals surface area contributed by atoms with E-state index in [0.717, 1.165) is 96.3 Å². The van der Waals surface area contributed by atoms with Crippen LogP contribution in [-0.2, 0) is 32.7 Å².